The van der Waals surface area contributed by atoms with E-state index in [2.05, 4.69) is 60.1 Å². The minimum Gasteiger partial charge on any atom is -0.508 e. The number of halogens is 1. The predicted octanol–water partition coefficient (Wildman–Crippen LogP) is 5.52. The predicted molar refractivity (Wildman–Crippen MR) is 130 cm³/mol. The van der Waals surface area contributed by atoms with Crippen LogP contribution < -0.4 is 10.2 Å². The van der Waals surface area contributed by atoms with Crippen molar-refractivity contribution in [3.8, 4) is 11.4 Å². The first-order valence-electron chi connectivity index (χ1n) is 9.85. The Morgan fingerprint density at radius 1 is 0.935 bits per heavy atom. The molecule has 2 atom stereocenters. The van der Waals surface area contributed by atoms with E-state index < -0.39 is 0 Å². The summed E-state index contributed by atoms with van der Waals surface area (Å²) in [4.78, 5) is 6.70. The number of thiocarbonyl (C=S) groups is 1. The standard InChI is InChI=1S/C24H19BrN4OS/c25-16-5-3-6-18(15-16)28-14-4-8-21(28)23-22(20-7-1-2-13-26-20)27-24(31)29(23)17-9-11-19(30)12-10-17/h1-15,22-23,30H,(H,27,31)/t22-,23-/m0/s1. The number of rotatable bonds is 4. The monoisotopic (exact) mass is 490 g/mol. The number of benzene rings is 2. The number of hydrogen-bond acceptors (Lipinski definition) is 3. The molecule has 0 radical (unpaired) electrons. The fourth-order valence-corrected chi connectivity index (χ4v) is 4.78. The van der Waals surface area contributed by atoms with Crippen molar-refractivity contribution in [2.75, 3.05) is 4.90 Å². The molecule has 31 heavy (non-hydrogen) atoms. The van der Waals surface area contributed by atoms with E-state index in [1.807, 2.05) is 48.5 Å². The van der Waals surface area contributed by atoms with E-state index in [1.165, 1.54) is 0 Å². The van der Waals surface area contributed by atoms with Crippen molar-refractivity contribution in [1.29, 1.82) is 0 Å². The number of pyridine rings is 1. The van der Waals surface area contributed by atoms with Crippen LogP contribution >= 0.6 is 28.1 Å². The van der Waals surface area contributed by atoms with Crippen molar-refractivity contribution in [2.24, 2.45) is 0 Å². The molecule has 1 aliphatic rings. The van der Waals surface area contributed by atoms with Gasteiger partial charge in [-0.05, 0) is 78.9 Å². The number of phenolic OH excluding ortho intramolecular Hbond substituents is 1. The average molecular weight is 491 g/mol. The second kappa shape index (κ2) is 8.17. The van der Waals surface area contributed by atoms with Crippen LogP contribution in [0.25, 0.3) is 5.69 Å². The van der Waals surface area contributed by atoms with Crippen LogP contribution in [0.5, 0.6) is 5.75 Å². The van der Waals surface area contributed by atoms with Crippen LogP contribution in [0, 0.1) is 0 Å². The first-order chi connectivity index (χ1) is 15.1. The molecule has 7 heteroatoms. The lowest BCUT2D eigenvalue weighted by atomic mass is 10.0. The van der Waals surface area contributed by atoms with Gasteiger partial charge in [-0.15, -0.1) is 0 Å². The van der Waals surface area contributed by atoms with E-state index in [-0.39, 0.29) is 17.8 Å². The molecule has 5 nitrogen and oxygen atoms in total. The molecule has 0 amide bonds. The molecule has 3 heterocycles. The van der Waals surface area contributed by atoms with Crippen molar-refractivity contribution < 1.29 is 5.11 Å². The summed E-state index contributed by atoms with van der Waals surface area (Å²) in [7, 11) is 0. The highest BCUT2D eigenvalue weighted by molar-refractivity contribution is 9.10. The van der Waals surface area contributed by atoms with Crippen LogP contribution in [0.1, 0.15) is 23.5 Å². The number of nitrogens with zero attached hydrogens (tertiary/aromatic N) is 3. The van der Waals surface area contributed by atoms with E-state index in [1.54, 1.807) is 18.3 Å². The molecule has 2 N–H and O–H groups in total. The quantitative estimate of drug-likeness (QED) is 0.369. The molecular weight excluding hydrogens is 472 g/mol. The van der Waals surface area contributed by atoms with Gasteiger partial charge in [0.25, 0.3) is 0 Å². The molecule has 0 saturated carbocycles. The van der Waals surface area contributed by atoms with Gasteiger partial charge in [0.1, 0.15) is 11.8 Å². The van der Waals surface area contributed by atoms with Gasteiger partial charge < -0.3 is 19.9 Å². The zero-order valence-corrected chi connectivity index (χ0v) is 18.8. The highest BCUT2D eigenvalue weighted by Gasteiger charge is 2.42. The van der Waals surface area contributed by atoms with Crippen LogP contribution in [0.3, 0.4) is 0 Å². The third-order valence-electron chi connectivity index (χ3n) is 5.40. The van der Waals surface area contributed by atoms with E-state index in [0.29, 0.717) is 5.11 Å². The lowest BCUT2D eigenvalue weighted by Crippen LogP contribution is -2.30. The fraction of sp³-hybridized carbons (Fsp3) is 0.0833. The van der Waals surface area contributed by atoms with Crippen LogP contribution in [0.2, 0.25) is 0 Å². The Morgan fingerprint density at radius 3 is 2.52 bits per heavy atom. The van der Waals surface area contributed by atoms with E-state index in [4.69, 9.17) is 12.2 Å². The molecule has 5 rings (SSSR count). The van der Waals surface area contributed by atoms with Gasteiger partial charge in [0, 0.05) is 33.9 Å². The van der Waals surface area contributed by atoms with Crippen LogP contribution in [0.4, 0.5) is 5.69 Å². The average Bonchev–Trinajstić information content (AvgIpc) is 3.39. The summed E-state index contributed by atoms with van der Waals surface area (Å²) in [5, 5.41) is 13.9. The second-order valence-electron chi connectivity index (χ2n) is 7.30. The van der Waals surface area contributed by atoms with Crippen molar-refractivity contribution in [3.05, 3.63) is 107 Å². The summed E-state index contributed by atoms with van der Waals surface area (Å²) in [6, 6.07) is 25.1. The van der Waals surface area contributed by atoms with Gasteiger partial charge in [0.15, 0.2) is 5.11 Å². The van der Waals surface area contributed by atoms with Gasteiger partial charge >= 0.3 is 0 Å². The summed E-state index contributed by atoms with van der Waals surface area (Å²) in [6.45, 7) is 0. The van der Waals surface area contributed by atoms with E-state index >= 15 is 0 Å². The minimum atomic E-state index is -0.138. The highest BCUT2D eigenvalue weighted by Crippen LogP contribution is 2.42. The summed E-state index contributed by atoms with van der Waals surface area (Å²) < 4.78 is 3.19. The summed E-state index contributed by atoms with van der Waals surface area (Å²) in [5.41, 5.74) is 3.95. The molecule has 2 aromatic heterocycles. The third kappa shape index (κ3) is 3.71. The molecule has 1 aliphatic heterocycles. The number of nitrogens with one attached hydrogen (secondary N) is 1. The van der Waals surface area contributed by atoms with Crippen LogP contribution in [0.15, 0.2) is 95.7 Å². The Balaban J connectivity index is 1.67. The zero-order valence-electron chi connectivity index (χ0n) is 16.4. The molecular formula is C24H19BrN4OS. The maximum Gasteiger partial charge on any atom is 0.174 e. The van der Waals surface area contributed by atoms with E-state index in [9.17, 15) is 5.11 Å². The fourth-order valence-electron chi connectivity index (χ4n) is 4.04. The lowest BCUT2D eigenvalue weighted by Gasteiger charge is -2.29. The summed E-state index contributed by atoms with van der Waals surface area (Å²) >= 11 is 9.35. The van der Waals surface area contributed by atoms with Crippen LogP contribution in [-0.4, -0.2) is 19.8 Å². The smallest absolute Gasteiger partial charge is 0.174 e. The molecule has 4 aromatic rings. The number of aromatic nitrogens is 2. The lowest BCUT2D eigenvalue weighted by molar-refractivity contribution is 0.475. The molecule has 2 aromatic carbocycles. The largest absolute Gasteiger partial charge is 0.508 e. The zero-order chi connectivity index (χ0) is 21.4. The number of aromatic hydroxyl groups is 1. The molecule has 1 saturated heterocycles. The van der Waals surface area contributed by atoms with E-state index in [0.717, 1.165) is 27.2 Å². The van der Waals surface area contributed by atoms with Gasteiger partial charge in [-0.1, -0.05) is 28.1 Å². The van der Waals surface area contributed by atoms with Gasteiger partial charge in [-0.25, -0.2) is 0 Å². The van der Waals surface area contributed by atoms with Gasteiger partial charge in [-0.3, -0.25) is 4.98 Å². The Bertz CT molecular complexity index is 1230. The van der Waals surface area contributed by atoms with Gasteiger partial charge in [0.05, 0.1) is 11.7 Å². The Labute approximate surface area is 194 Å². The Hall–Kier alpha value is -3.16. The first kappa shape index (κ1) is 19.8. The number of anilines is 1. The second-order valence-corrected chi connectivity index (χ2v) is 8.60. The number of hydrogen-bond donors (Lipinski definition) is 2. The minimum absolute atomic E-state index is 0.136. The molecule has 154 valence electrons. The maximum absolute atomic E-state index is 9.78. The Morgan fingerprint density at radius 2 is 1.77 bits per heavy atom. The SMILES string of the molecule is Oc1ccc(N2C(=S)N[C@@H](c3ccccn3)[C@@H]2c2cccn2-c2cccc(Br)c2)cc1. The topological polar surface area (TPSA) is 53.3 Å². The molecule has 0 spiro atoms. The first-order valence-corrected chi connectivity index (χ1v) is 11.0. The third-order valence-corrected chi connectivity index (χ3v) is 6.20. The molecule has 0 bridgehead atoms. The van der Waals surface area contributed by atoms with Crippen molar-refractivity contribution >= 4 is 38.9 Å². The molecule has 0 unspecified atom stereocenters. The van der Waals surface area contributed by atoms with Crippen LogP contribution in [-0.2, 0) is 0 Å². The highest BCUT2D eigenvalue weighted by atomic mass is 79.9. The molecule has 1 fully saturated rings. The van der Waals surface area contributed by atoms with Gasteiger partial charge in [0.2, 0.25) is 0 Å². The number of phenols is 1. The van der Waals surface area contributed by atoms with Crippen molar-refractivity contribution in [3.63, 3.8) is 0 Å². The summed E-state index contributed by atoms with van der Waals surface area (Å²) in [5.74, 6) is 0.220. The normalized spacial score (nSPS) is 18.2. The van der Waals surface area contributed by atoms with Crippen molar-refractivity contribution in [1.82, 2.24) is 14.9 Å². The Kier molecular flexibility index (Phi) is 5.21. The maximum atomic E-state index is 9.78. The molecule has 0 aliphatic carbocycles. The van der Waals surface area contributed by atoms with Gasteiger partial charge in [-0.2, -0.15) is 0 Å². The summed E-state index contributed by atoms with van der Waals surface area (Å²) in [6.07, 6.45) is 3.86. The van der Waals surface area contributed by atoms with Crippen molar-refractivity contribution in [2.45, 2.75) is 12.1 Å².